The summed E-state index contributed by atoms with van der Waals surface area (Å²) in [6.45, 7) is 0.270. The van der Waals surface area contributed by atoms with Crippen molar-refractivity contribution in [3.63, 3.8) is 0 Å². The van der Waals surface area contributed by atoms with Crippen LogP contribution in [-0.4, -0.2) is 32.1 Å². The van der Waals surface area contributed by atoms with Gasteiger partial charge in [-0.25, -0.2) is 4.39 Å². The van der Waals surface area contributed by atoms with E-state index in [9.17, 15) is 14.0 Å². The second-order valence-corrected chi connectivity index (χ2v) is 5.52. The van der Waals surface area contributed by atoms with Crippen LogP contribution in [0.1, 0.15) is 12.8 Å². The van der Waals surface area contributed by atoms with Gasteiger partial charge in [-0.2, -0.15) is 0 Å². The molecule has 2 aromatic rings. The lowest BCUT2D eigenvalue weighted by Crippen LogP contribution is -2.17. The molecule has 6 nitrogen and oxygen atoms in total. The van der Waals surface area contributed by atoms with Crippen molar-refractivity contribution in [2.24, 2.45) is 0 Å². The number of carbonyl (C=O) groups excluding carboxylic acids is 2. The van der Waals surface area contributed by atoms with Crippen molar-refractivity contribution in [3.05, 3.63) is 54.3 Å². The van der Waals surface area contributed by atoms with Crippen molar-refractivity contribution >= 4 is 23.2 Å². The van der Waals surface area contributed by atoms with Crippen molar-refractivity contribution in [2.75, 3.05) is 31.0 Å². The van der Waals surface area contributed by atoms with Crippen LogP contribution in [0.15, 0.2) is 48.5 Å². The summed E-state index contributed by atoms with van der Waals surface area (Å²) in [5.74, 6) is -0.374. The zero-order valence-corrected chi connectivity index (χ0v) is 14.5. The Hall–Kier alpha value is -2.93. The molecular weight excluding hydrogens is 339 g/mol. The van der Waals surface area contributed by atoms with E-state index in [0.717, 1.165) is 0 Å². The first-order chi connectivity index (χ1) is 12.6. The molecule has 0 unspecified atom stereocenters. The lowest BCUT2D eigenvalue weighted by atomic mass is 10.2. The summed E-state index contributed by atoms with van der Waals surface area (Å²) < 4.78 is 23.2. The Balaban J connectivity index is 1.74. The number of nitrogens with one attached hydrogen (secondary N) is 2. The number of carbonyl (C=O) groups is 2. The van der Waals surface area contributed by atoms with Crippen LogP contribution in [0.2, 0.25) is 0 Å². The molecule has 0 aliphatic heterocycles. The highest BCUT2D eigenvalue weighted by Crippen LogP contribution is 2.16. The number of anilines is 2. The van der Waals surface area contributed by atoms with Crippen molar-refractivity contribution < 1.29 is 23.5 Å². The van der Waals surface area contributed by atoms with E-state index in [4.69, 9.17) is 9.47 Å². The van der Waals surface area contributed by atoms with Gasteiger partial charge in [0, 0.05) is 31.0 Å². The molecule has 2 rings (SSSR count). The minimum absolute atomic E-state index is 0.0398. The molecule has 0 radical (unpaired) electrons. The number of halogens is 1. The number of methoxy groups -OCH3 is 1. The first kappa shape index (κ1) is 19.4. The van der Waals surface area contributed by atoms with Crippen LogP contribution in [0.4, 0.5) is 15.8 Å². The van der Waals surface area contributed by atoms with Gasteiger partial charge >= 0.3 is 0 Å². The third-order valence-electron chi connectivity index (χ3n) is 3.32. The van der Waals surface area contributed by atoms with Crippen LogP contribution >= 0.6 is 0 Å². The second kappa shape index (κ2) is 10.1. The summed E-state index contributed by atoms with van der Waals surface area (Å²) >= 11 is 0. The molecule has 0 fully saturated rings. The molecule has 2 N–H and O–H groups in total. The Labute approximate surface area is 151 Å². The van der Waals surface area contributed by atoms with Gasteiger partial charge in [0.2, 0.25) is 11.8 Å². The fraction of sp³-hybridized carbons (Fsp3) is 0.263. The second-order valence-electron chi connectivity index (χ2n) is 5.52. The number of amides is 2. The van der Waals surface area contributed by atoms with E-state index in [0.29, 0.717) is 30.2 Å². The predicted molar refractivity (Wildman–Crippen MR) is 96.7 cm³/mol. The number of hydrogen-bond acceptors (Lipinski definition) is 4. The van der Waals surface area contributed by atoms with Crippen LogP contribution in [0.3, 0.4) is 0 Å². The first-order valence-electron chi connectivity index (χ1n) is 8.14. The van der Waals surface area contributed by atoms with Gasteiger partial charge < -0.3 is 20.1 Å². The first-order valence-corrected chi connectivity index (χ1v) is 8.14. The zero-order chi connectivity index (χ0) is 18.8. The minimum Gasteiger partial charge on any atom is -0.493 e. The molecule has 0 aromatic heterocycles. The maximum absolute atomic E-state index is 13.0. The van der Waals surface area contributed by atoms with Gasteiger partial charge in [-0.15, -0.1) is 0 Å². The van der Waals surface area contributed by atoms with Crippen LogP contribution in [-0.2, 0) is 14.3 Å². The predicted octanol–water partition coefficient (Wildman–Crippen LogP) is 3.21. The van der Waals surface area contributed by atoms with Crippen LogP contribution in [0.25, 0.3) is 0 Å². The fourth-order valence-electron chi connectivity index (χ4n) is 2.21. The van der Waals surface area contributed by atoms with E-state index >= 15 is 0 Å². The molecule has 0 saturated carbocycles. The summed E-state index contributed by atoms with van der Waals surface area (Å²) in [5, 5.41) is 5.42. The minimum atomic E-state index is -0.363. The maximum Gasteiger partial charge on any atom is 0.250 e. The maximum atomic E-state index is 13.0. The summed E-state index contributed by atoms with van der Waals surface area (Å²) in [5.41, 5.74) is 1.15. The third-order valence-corrected chi connectivity index (χ3v) is 3.32. The van der Waals surface area contributed by atoms with Gasteiger partial charge in [0.05, 0.1) is 6.61 Å². The molecule has 0 saturated heterocycles. The lowest BCUT2D eigenvalue weighted by molar-refractivity contribution is -0.119. The summed E-state index contributed by atoms with van der Waals surface area (Å²) in [4.78, 5) is 23.5. The van der Waals surface area contributed by atoms with Gasteiger partial charge in [-0.1, -0.05) is 12.1 Å². The average molecular weight is 360 g/mol. The SMILES string of the molecule is COCC(=O)Nc1cccc(NC(=O)CCCOc2cccc(F)c2)c1. The largest absolute Gasteiger partial charge is 0.493 e. The highest BCUT2D eigenvalue weighted by Gasteiger charge is 2.06. The summed E-state index contributed by atoms with van der Waals surface area (Å²) in [6, 6.07) is 12.7. The monoisotopic (exact) mass is 360 g/mol. The van der Waals surface area contributed by atoms with E-state index in [-0.39, 0.29) is 30.7 Å². The van der Waals surface area contributed by atoms with Crippen molar-refractivity contribution in [1.82, 2.24) is 0 Å². The quantitative estimate of drug-likeness (QED) is 0.673. The molecule has 0 heterocycles. The molecule has 138 valence electrons. The van der Waals surface area contributed by atoms with Crippen LogP contribution in [0.5, 0.6) is 5.75 Å². The highest BCUT2D eigenvalue weighted by atomic mass is 19.1. The molecule has 0 aliphatic carbocycles. The van der Waals surface area contributed by atoms with Gasteiger partial charge in [0.25, 0.3) is 0 Å². The Morgan fingerprint density at radius 3 is 2.38 bits per heavy atom. The van der Waals surface area contributed by atoms with Crippen LogP contribution in [0, 0.1) is 5.82 Å². The van der Waals surface area contributed by atoms with Crippen molar-refractivity contribution in [3.8, 4) is 5.75 Å². The van der Waals surface area contributed by atoms with Gasteiger partial charge in [0.1, 0.15) is 18.2 Å². The van der Waals surface area contributed by atoms with E-state index in [1.54, 1.807) is 36.4 Å². The number of hydrogen-bond donors (Lipinski definition) is 2. The highest BCUT2D eigenvalue weighted by molar-refractivity contribution is 5.94. The van der Waals surface area contributed by atoms with Crippen molar-refractivity contribution in [2.45, 2.75) is 12.8 Å². The normalized spacial score (nSPS) is 10.2. The number of benzene rings is 2. The molecule has 0 atom stereocenters. The molecular formula is C19H21FN2O4. The lowest BCUT2D eigenvalue weighted by Gasteiger charge is -2.09. The summed E-state index contributed by atoms with van der Waals surface area (Å²) in [6.07, 6.45) is 0.752. The topological polar surface area (TPSA) is 76.7 Å². The van der Waals surface area contributed by atoms with Gasteiger partial charge in [-0.3, -0.25) is 9.59 Å². The molecule has 0 aliphatic rings. The van der Waals surface area contributed by atoms with E-state index in [1.807, 2.05) is 0 Å². The third kappa shape index (κ3) is 6.90. The molecule has 0 spiro atoms. The molecule has 26 heavy (non-hydrogen) atoms. The molecule has 2 aromatic carbocycles. The van der Waals surface area contributed by atoms with E-state index in [1.165, 1.54) is 19.2 Å². The van der Waals surface area contributed by atoms with Gasteiger partial charge in [-0.05, 0) is 36.8 Å². The summed E-state index contributed by atoms with van der Waals surface area (Å²) in [7, 11) is 1.44. The Morgan fingerprint density at radius 2 is 1.69 bits per heavy atom. The van der Waals surface area contributed by atoms with E-state index < -0.39 is 0 Å². The molecule has 7 heteroatoms. The zero-order valence-electron chi connectivity index (χ0n) is 14.5. The van der Waals surface area contributed by atoms with Gasteiger partial charge in [0.15, 0.2) is 0 Å². The Morgan fingerprint density at radius 1 is 1.00 bits per heavy atom. The smallest absolute Gasteiger partial charge is 0.250 e. The Bertz CT molecular complexity index is 752. The fourth-order valence-corrected chi connectivity index (χ4v) is 2.21. The number of rotatable bonds is 9. The number of ether oxygens (including phenoxy) is 2. The molecule has 0 bridgehead atoms. The van der Waals surface area contributed by atoms with Crippen LogP contribution < -0.4 is 15.4 Å². The van der Waals surface area contributed by atoms with E-state index in [2.05, 4.69) is 10.6 Å². The Kier molecular flexibility index (Phi) is 7.57. The molecule has 2 amide bonds. The average Bonchev–Trinajstić information content (AvgIpc) is 2.59. The standard InChI is InChI=1S/C19H21FN2O4/c1-25-13-19(24)22-16-7-3-6-15(12-16)21-18(23)9-4-10-26-17-8-2-5-14(20)11-17/h2-3,5-8,11-12H,4,9-10,13H2,1H3,(H,21,23)(H,22,24). The van der Waals surface area contributed by atoms with Crippen molar-refractivity contribution in [1.29, 1.82) is 0 Å².